The van der Waals surface area contributed by atoms with Crippen molar-refractivity contribution in [2.24, 2.45) is 5.92 Å². The number of anilines is 2. The van der Waals surface area contributed by atoms with E-state index in [4.69, 9.17) is 0 Å². The lowest BCUT2D eigenvalue weighted by atomic mass is 9.92. The van der Waals surface area contributed by atoms with Gasteiger partial charge in [-0.3, -0.25) is 5.10 Å². The Hall–Kier alpha value is -2.75. The minimum Gasteiger partial charge on any atom is -0.371 e. The Kier molecular flexibility index (Phi) is 4.78. The molecule has 0 unspecified atom stereocenters. The topological polar surface area (TPSA) is 35.2 Å². The number of fused-ring (bicyclic) bond motifs is 1. The first-order valence-electron chi connectivity index (χ1n) is 10.5. The first kappa shape index (κ1) is 17.4. The quantitative estimate of drug-likeness (QED) is 0.731. The first-order valence-corrected chi connectivity index (χ1v) is 10.5. The third-order valence-corrected chi connectivity index (χ3v) is 6.25. The lowest BCUT2D eigenvalue weighted by molar-refractivity contribution is 0.400. The summed E-state index contributed by atoms with van der Waals surface area (Å²) in [5.74, 6) is 0.777. The summed E-state index contributed by atoms with van der Waals surface area (Å²) in [6.45, 7) is 4.66. The van der Waals surface area contributed by atoms with Crippen LogP contribution in [0.2, 0.25) is 0 Å². The number of aromatic amines is 1. The van der Waals surface area contributed by atoms with Crippen LogP contribution in [0.3, 0.4) is 0 Å². The Balaban J connectivity index is 1.25. The summed E-state index contributed by atoms with van der Waals surface area (Å²) in [6.07, 6.45) is 8.84. The number of hydrogen-bond acceptors (Lipinski definition) is 3. The van der Waals surface area contributed by atoms with Gasteiger partial charge in [0.2, 0.25) is 0 Å². The van der Waals surface area contributed by atoms with Crippen LogP contribution in [0, 0.1) is 12.0 Å². The van der Waals surface area contributed by atoms with Crippen molar-refractivity contribution in [1.29, 1.82) is 0 Å². The highest BCUT2D eigenvalue weighted by Gasteiger charge is 2.24. The first-order chi connectivity index (χ1) is 13.9. The molecule has 1 fully saturated rings. The van der Waals surface area contributed by atoms with E-state index in [1.54, 1.807) is 0 Å². The van der Waals surface area contributed by atoms with E-state index in [0.717, 1.165) is 19.0 Å². The fraction of sp³-hybridized carbons (Fsp3) is 0.375. The van der Waals surface area contributed by atoms with Gasteiger partial charge < -0.3 is 9.80 Å². The van der Waals surface area contributed by atoms with Gasteiger partial charge in [-0.05, 0) is 60.9 Å². The molecule has 0 amide bonds. The molecule has 4 heteroatoms. The molecular weight excluding hydrogens is 344 g/mol. The van der Waals surface area contributed by atoms with Crippen molar-refractivity contribution < 1.29 is 0 Å². The molecule has 2 aliphatic heterocycles. The van der Waals surface area contributed by atoms with Crippen LogP contribution in [0.5, 0.6) is 0 Å². The van der Waals surface area contributed by atoms with Gasteiger partial charge in [-0.25, -0.2) is 0 Å². The van der Waals surface area contributed by atoms with Gasteiger partial charge in [0.15, 0.2) is 0 Å². The molecule has 2 aliphatic rings. The van der Waals surface area contributed by atoms with Crippen molar-refractivity contribution in [1.82, 2.24) is 10.2 Å². The zero-order valence-corrected chi connectivity index (χ0v) is 16.3. The Labute approximate surface area is 167 Å². The largest absolute Gasteiger partial charge is 0.371 e. The second kappa shape index (κ2) is 7.70. The molecule has 1 aromatic heterocycles. The van der Waals surface area contributed by atoms with Crippen molar-refractivity contribution in [2.45, 2.75) is 25.7 Å². The number of piperidine rings is 1. The smallest absolute Gasteiger partial charge is 0.0565 e. The molecule has 3 heterocycles. The average molecular weight is 372 g/mol. The fourth-order valence-corrected chi connectivity index (χ4v) is 4.70. The third-order valence-electron chi connectivity index (χ3n) is 6.25. The molecule has 5 rings (SSSR count). The highest BCUT2D eigenvalue weighted by Crippen LogP contribution is 2.33. The summed E-state index contributed by atoms with van der Waals surface area (Å²) in [4.78, 5) is 5.12. The van der Waals surface area contributed by atoms with E-state index < -0.39 is 0 Å². The van der Waals surface area contributed by atoms with Gasteiger partial charge in [-0.15, -0.1) is 0 Å². The minimum atomic E-state index is 0.777. The van der Waals surface area contributed by atoms with Crippen molar-refractivity contribution in [2.75, 3.05) is 36.0 Å². The van der Waals surface area contributed by atoms with Gasteiger partial charge in [0, 0.05) is 55.4 Å². The van der Waals surface area contributed by atoms with E-state index in [0.29, 0.717) is 0 Å². The normalized spacial score (nSPS) is 17.6. The van der Waals surface area contributed by atoms with Crippen molar-refractivity contribution in [3.63, 3.8) is 0 Å². The zero-order chi connectivity index (χ0) is 18.8. The summed E-state index contributed by atoms with van der Waals surface area (Å²) in [5, 5.41) is 7.01. The van der Waals surface area contributed by atoms with Crippen LogP contribution >= 0.6 is 0 Å². The number of rotatable bonds is 4. The molecule has 0 aliphatic carbocycles. The van der Waals surface area contributed by atoms with Crippen LogP contribution in [0.4, 0.5) is 11.4 Å². The SMILES string of the molecule is [c]1ccccc1N1CCC(CN2CCCc3cc(-c4cn[nH]c4)ccc32)CC1. The van der Waals surface area contributed by atoms with E-state index in [1.807, 2.05) is 24.5 Å². The van der Waals surface area contributed by atoms with Crippen LogP contribution < -0.4 is 9.80 Å². The number of nitrogens with one attached hydrogen (secondary N) is 1. The maximum absolute atomic E-state index is 4.09. The summed E-state index contributed by atoms with van der Waals surface area (Å²) in [7, 11) is 0. The van der Waals surface area contributed by atoms with Crippen LogP contribution in [-0.2, 0) is 6.42 Å². The molecule has 0 bridgehead atoms. The van der Waals surface area contributed by atoms with Crippen molar-refractivity contribution in [3.05, 3.63) is 66.5 Å². The maximum atomic E-state index is 4.09. The van der Waals surface area contributed by atoms with Crippen molar-refractivity contribution >= 4 is 11.4 Å². The Morgan fingerprint density at radius 1 is 1.07 bits per heavy atom. The van der Waals surface area contributed by atoms with Gasteiger partial charge in [0.25, 0.3) is 0 Å². The molecule has 1 radical (unpaired) electrons. The molecular formula is C24H27N4. The highest BCUT2D eigenvalue weighted by atomic mass is 15.2. The number of para-hydroxylation sites is 1. The monoisotopic (exact) mass is 371 g/mol. The summed E-state index contributed by atoms with van der Waals surface area (Å²) in [5.41, 5.74) is 6.61. The Morgan fingerprint density at radius 3 is 2.79 bits per heavy atom. The number of aromatic nitrogens is 2. The summed E-state index contributed by atoms with van der Waals surface area (Å²) >= 11 is 0. The van der Waals surface area contributed by atoms with E-state index in [-0.39, 0.29) is 0 Å². The average Bonchev–Trinajstić information content (AvgIpc) is 3.30. The van der Waals surface area contributed by atoms with Crippen LogP contribution in [-0.4, -0.2) is 36.4 Å². The number of benzene rings is 2. The van der Waals surface area contributed by atoms with Crippen LogP contribution in [0.15, 0.2) is 54.9 Å². The Bertz CT molecular complexity index is 896. The number of aryl methyl sites for hydroxylation is 1. The van der Waals surface area contributed by atoms with Gasteiger partial charge >= 0.3 is 0 Å². The molecule has 2 aromatic carbocycles. The highest BCUT2D eigenvalue weighted by molar-refractivity contribution is 5.68. The van der Waals surface area contributed by atoms with Gasteiger partial charge in [-0.2, -0.15) is 5.10 Å². The van der Waals surface area contributed by atoms with E-state index in [2.05, 4.69) is 56.4 Å². The lowest BCUT2D eigenvalue weighted by Crippen LogP contribution is -2.40. The molecule has 0 atom stereocenters. The predicted molar refractivity (Wildman–Crippen MR) is 115 cm³/mol. The third kappa shape index (κ3) is 3.51. The van der Waals surface area contributed by atoms with Gasteiger partial charge in [0.1, 0.15) is 0 Å². The van der Waals surface area contributed by atoms with E-state index in [9.17, 15) is 0 Å². The second-order valence-electron chi connectivity index (χ2n) is 8.06. The number of nitrogens with zero attached hydrogens (tertiary/aromatic N) is 3. The number of H-pyrrole nitrogens is 1. The van der Waals surface area contributed by atoms with Crippen LogP contribution in [0.1, 0.15) is 24.8 Å². The summed E-state index contributed by atoms with van der Waals surface area (Å²) in [6, 6.07) is 18.7. The van der Waals surface area contributed by atoms with Crippen molar-refractivity contribution in [3.8, 4) is 11.1 Å². The number of hydrogen-bond donors (Lipinski definition) is 1. The second-order valence-corrected chi connectivity index (χ2v) is 8.06. The molecule has 1 N–H and O–H groups in total. The minimum absolute atomic E-state index is 0.777. The molecule has 143 valence electrons. The maximum Gasteiger partial charge on any atom is 0.0565 e. The summed E-state index contributed by atoms with van der Waals surface area (Å²) < 4.78 is 0. The molecule has 1 saturated heterocycles. The fourth-order valence-electron chi connectivity index (χ4n) is 4.70. The molecule has 4 nitrogen and oxygen atoms in total. The van der Waals surface area contributed by atoms with E-state index >= 15 is 0 Å². The standard InChI is InChI=1S/C24H27N4/c1-2-6-23(7-3-1)27-13-10-19(11-14-27)18-28-12-4-5-21-15-20(8-9-24(21)28)22-16-25-26-17-22/h1-3,6,8-9,15-17,19H,4-5,10-14,18H2,(H,25,26). The predicted octanol–water partition coefficient (Wildman–Crippen LogP) is 4.55. The van der Waals surface area contributed by atoms with Gasteiger partial charge in [-0.1, -0.05) is 24.3 Å². The van der Waals surface area contributed by atoms with Crippen LogP contribution in [0.25, 0.3) is 11.1 Å². The van der Waals surface area contributed by atoms with E-state index in [1.165, 1.54) is 66.8 Å². The lowest BCUT2D eigenvalue weighted by Gasteiger charge is -2.38. The zero-order valence-electron chi connectivity index (χ0n) is 16.3. The molecule has 28 heavy (non-hydrogen) atoms. The molecule has 0 saturated carbocycles. The van der Waals surface area contributed by atoms with Gasteiger partial charge in [0.05, 0.1) is 6.20 Å². The Morgan fingerprint density at radius 2 is 2.00 bits per heavy atom. The molecule has 3 aromatic rings. The molecule has 0 spiro atoms.